The van der Waals surface area contributed by atoms with Gasteiger partial charge in [-0.15, -0.1) is 0 Å². The number of nitrogens with zero attached hydrogens (tertiary/aromatic N) is 1. The smallest absolute Gasteiger partial charge is 0.119 e. The largest absolute Gasteiger partial charge is 0.494 e. The summed E-state index contributed by atoms with van der Waals surface area (Å²) in [5, 5.41) is 0. The molecule has 0 saturated heterocycles. The molecule has 2 aromatic carbocycles. The Labute approximate surface area is 168 Å². The van der Waals surface area contributed by atoms with Crippen molar-refractivity contribution in [1.82, 2.24) is 4.98 Å². The molecule has 0 atom stereocenters. The molecule has 0 bridgehead atoms. The molecular formula is C25H29NO2. The van der Waals surface area contributed by atoms with E-state index in [4.69, 9.17) is 14.5 Å². The van der Waals surface area contributed by atoms with E-state index in [0.717, 1.165) is 48.6 Å². The van der Waals surface area contributed by atoms with Crippen LogP contribution in [0.3, 0.4) is 0 Å². The first-order chi connectivity index (χ1) is 13.7. The molecule has 0 spiro atoms. The molecule has 3 aromatic rings. The summed E-state index contributed by atoms with van der Waals surface area (Å²) in [6, 6.07) is 22.7. The van der Waals surface area contributed by atoms with Crippen LogP contribution in [0.2, 0.25) is 0 Å². The van der Waals surface area contributed by atoms with E-state index >= 15 is 0 Å². The number of hydrogen-bond acceptors (Lipinski definition) is 3. The van der Waals surface area contributed by atoms with Gasteiger partial charge in [-0.2, -0.15) is 0 Å². The van der Waals surface area contributed by atoms with Crippen molar-refractivity contribution in [3.8, 4) is 11.5 Å². The number of pyridine rings is 1. The van der Waals surface area contributed by atoms with Gasteiger partial charge in [-0.25, -0.2) is 0 Å². The maximum atomic E-state index is 5.80. The molecule has 0 saturated carbocycles. The number of aromatic nitrogens is 1. The lowest BCUT2D eigenvalue weighted by molar-refractivity contribution is 0.309. The molecule has 0 N–H and O–H groups in total. The normalized spacial score (nSPS) is 10.6. The Hall–Kier alpha value is -2.81. The minimum absolute atomic E-state index is 0.708. The second-order valence-electron chi connectivity index (χ2n) is 7.15. The first kappa shape index (κ1) is 19.9. The van der Waals surface area contributed by atoms with E-state index in [1.165, 1.54) is 11.1 Å². The molecule has 0 amide bonds. The zero-order valence-corrected chi connectivity index (χ0v) is 16.9. The maximum absolute atomic E-state index is 5.80. The van der Waals surface area contributed by atoms with Crippen molar-refractivity contribution in [3.05, 3.63) is 89.2 Å². The lowest BCUT2D eigenvalue weighted by Crippen LogP contribution is -2.03. The predicted molar refractivity (Wildman–Crippen MR) is 114 cm³/mol. The van der Waals surface area contributed by atoms with E-state index in [0.29, 0.717) is 13.2 Å². The fourth-order valence-electron chi connectivity index (χ4n) is 2.96. The average Bonchev–Trinajstić information content (AvgIpc) is 2.72. The maximum Gasteiger partial charge on any atom is 0.119 e. The molecule has 28 heavy (non-hydrogen) atoms. The summed E-state index contributed by atoms with van der Waals surface area (Å²) in [6.07, 6.45) is 3.78. The molecule has 0 unspecified atom stereocenters. The Bertz CT molecular complexity index is 772. The van der Waals surface area contributed by atoms with Gasteiger partial charge < -0.3 is 9.47 Å². The van der Waals surface area contributed by atoms with Gasteiger partial charge in [0.25, 0.3) is 0 Å². The zero-order chi connectivity index (χ0) is 19.6. The number of aryl methyl sites for hydroxylation is 4. The number of hydrogen-bond donors (Lipinski definition) is 0. The van der Waals surface area contributed by atoms with Crippen molar-refractivity contribution >= 4 is 0 Å². The van der Waals surface area contributed by atoms with Crippen LogP contribution in [0.4, 0.5) is 0 Å². The minimum atomic E-state index is 0.708. The highest BCUT2D eigenvalue weighted by Crippen LogP contribution is 2.13. The van der Waals surface area contributed by atoms with Crippen LogP contribution in [0.25, 0.3) is 0 Å². The van der Waals surface area contributed by atoms with Crippen molar-refractivity contribution in [1.29, 1.82) is 0 Å². The van der Waals surface area contributed by atoms with Crippen LogP contribution in [-0.4, -0.2) is 18.2 Å². The second-order valence-corrected chi connectivity index (χ2v) is 7.15. The topological polar surface area (TPSA) is 31.4 Å². The number of ether oxygens (including phenoxy) is 2. The third-order valence-corrected chi connectivity index (χ3v) is 4.60. The summed E-state index contributed by atoms with van der Waals surface area (Å²) < 4.78 is 11.6. The molecule has 0 radical (unpaired) electrons. The predicted octanol–water partition coefficient (Wildman–Crippen LogP) is 5.72. The summed E-state index contributed by atoms with van der Waals surface area (Å²) in [5.74, 6) is 1.86. The van der Waals surface area contributed by atoms with Gasteiger partial charge in [-0.05, 0) is 75.9 Å². The van der Waals surface area contributed by atoms with E-state index < -0.39 is 0 Å². The SMILES string of the molecule is Cc1ccc(OCCCc2cccc(CCCOc3ccc(C)cc3)n2)cc1. The molecule has 1 heterocycles. The molecular weight excluding hydrogens is 346 g/mol. The van der Waals surface area contributed by atoms with Crippen molar-refractivity contribution < 1.29 is 9.47 Å². The molecule has 0 fully saturated rings. The van der Waals surface area contributed by atoms with Crippen molar-refractivity contribution in [2.75, 3.05) is 13.2 Å². The lowest BCUT2D eigenvalue weighted by atomic mass is 10.1. The molecule has 0 aliphatic carbocycles. The first-order valence-electron chi connectivity index (χ1n) is 10.0. The Morgan fingerprint density at radius 1 is 0.607 bits per heavy atom. The van der Waals surface area contributed by atoms with Crippen LogP contribution in [0.15, 0.2) is 66.7 Å². The second kappa shape index (κ2) is 10.5. The highest BCUT2D eigenvalue weighted by Gasteiger charge is 2.01. The molecule has 0 aliphatic rings. The van der Waals surface area contributed by atoms with Gasteiger partial charge in [0, 0.05) is 11.4 Å². The molecule has 3 heteroatoms. The van der Waals surface area contributed by atoms with E-state index in [1.54, 1.807) is 0 Å². The van der Waals surface area contributed by atoms with Gasteiger partial charge in [0.2, 0.25) is 0 Å². The van der Waals surface area contributed by atoms with E-state index in [1.807, 2.05) is 24.3 Å². The third-order valence-electron chi connectivity index (χ3n) is 4.60. The molecule has 1 aromatic heterocycles. The molecule has 3 rings (SSSR count). The molecule has 146 valence electrons. The standard InChI is InChI=1S/C25H29NO2/c1-20-10-14-24(15-11-20)27-18-4-8-22-6-3-7-23(26-22)9-5-19-28-25-16-12-21(2)13-17-25/h3,6-7,10-17H,4-5,8-9,18-19H2,1-2H3. The summed E-state index contributed by atoms with van der Waals surface area (Å²) in [5.41, 5.74) is 4.75. The van der Waals surface area contributed by atoms with Crippen LogP contribution >= 0.6 is 0 Å². The van der Waals surface area contributed by atoms with Gasteiger partial charge in [0.15, 0.2) is 0 Å². The fourth-order valence-corrected chi connectivity index (χ4v) is 2.96. The highest BCUT2D eigenvalue weighted by molar-refractivity contribution is 5.27. The van der Waals surface area contributed by atoms with Gasteiger partial charge >= 0.3 is 0 Å². The fraction of sp³-hybridized carbons (Fsp3) is 0.320. The summed E-state index contributed by atoms with van der Waals surface area (Å²) in [7, 11) is 0. The van der Waals surface area contributed by atoms with E-state index in [2.05, 4.69) is 56.3 Å². The summed E-state index contributed by atoms with van der Waals surface area (Å²) in [6.45, 7) is 5.58. The van der Waals surface area contributed by atoms with Gasteiger partial charge in [-0.3, -0.25) is 4.98 Å². The molecule has 0 aliphatic heterocycles. The van der Waals surface area contributed by atoms with Crippen molar-refractivity contribution in [2.45, 2.75) is 39.5 Å². The molecule has 3 nitrogen and oxygen atoms in total. The van der Waals surface area contributed by atoms with Crippen LogP contribution in [-0.2, 0) is 12.8 Å². The van der Waals surface area contributed by atoms with E-state index in [-0.39, 0.29) is 0 Å². The Balaban J connectivity index is 1.36. The van der Waals surface area contributed by atoms with Gasteiger partial charge in [0.05, 0.1) is 13.2 Å². The average molecular weight is 376 g/mol. The van der Waals surface area contributed by atoms with E-state index in [9.17, 15) is 0 Å². The first-order valence-corrected chi connectivity index (χ1v) is 10.0. The Morgan fingerprint density at radius 2 is 1.04 bits per heavy atom. The van der Waals surface area contributed by atoms with Crippen LogP contribution in [0.1, 0.15) is 35.4 Å². The number of rotatable bonds is 10. The van der Waals surface area contributed by atoms with Crippen LogP contribution in [0, 0.1) is 13.8 Å². The third kappa shape index (κ3) is 6.73. The van der Waals surface area contributed by atoms with Gasteiger partial charge in [0.1, 0.15) is 11.5 Å². The highest BCUT2D eigenvalue weighted by atomic mass is 16.5. The van der Waals surface area contributed by atoms with Crippen LogP contribution in [0.5, 0.6) is 11.5 Å². The van der Waals surface area contributed by atoms with Crippen molar-refractivity contribution in [3.63, 3.8) is 0 Å². The monoisotopic (exact) mass is 375 g/mol. The number of benzene rings is 2. The van der Waals surface area contributed by atoms with Crippen LogP contribution < -0.4 is 9.47 Å². The lowest BCUT2D eigenvalue weighted by Gasteiger charge is -2.08. The van der Waals surface area contributed by atoms with Crippen molar-refractivity contribution in [2.24, 2.45) is 0 Å². The Kier molecular flexibility index (Phi) is 7.48. The minimum Gasteiger partial charge on any atom is -0.494 e. The summed E-state index contributed by atoms with van der Waals surface area (Å²) >= 11 is 0. The quantitative estimate of drug-likeness (QED) is 0.425. The zero-order valence-electron chi connectivity index (χ0n) is 16.9. The summed E-state index contributed by atoms with van der Waals surface area (Å²) in [4.78, 5) is 4.77. The van der Waals surface area contributed by atoms with Gasteiger partial charge in [-0.1, -0.05) is 41.5 Å². The Morgan fingerprint density at radius 3 is 1.46 bits per heavy atom.